The van der Waals surface area contributed by atoms with Crippen molar-refractivity contribution in [3.8, 4) is 0 Å². The number of aliphatic hydroxyl groups excluding tert-OH is 1. The molecule has 1 atom stereocenters. The third kappa shape index (κ3) is 5.83. The second-order valence-electron chi connectivity index (χ2n) is 5.11. The van der Waals surface area contributed by atoms with Crippen molar-refractivity contribution in [2.75, 3.05) is 18.4 Å². The molecule has 0 aliphatic carbocycles. The van der Waals surface area contributed by atoms with Gasteiger partial charge < -0.3 is 40.6 Å². The third-order valence-electron chi connectivity index (χ3n) is 3.58. The molecule has 1 amide bonds. The van der Waals surface area contributed by atoms with E-state index in [4.69, 9.17) is 0 Å². The Morgan fingerprint density at radius 3 is 2.81 bits per heavy atom. The lowest BCUT2D eigenvalue weighted by Crippen LogP contribution is -3.00. The lowest BCUT2D eigenvalue weighted by atomic mass is 9.97. The van der Waals surface area contributed by atoms with Crippen molar-refractivity contribution < 1.29 is 40.0 Å². The van der Waals surface area contributed by atoms with Crippen LogP contribution in [-0.4, -0.2) is 24.1 Å². The number of benzene rings is 1. The highest BCUT2D eigenvalue weighted by molar-refractivity contribution is 5.93. The van der Waals surface area contributed by atoms with Crippen LogP contribution in [0, 0.1) is 0 Å². The summed E-state index contributed by atoms with van der Waals surface area (Å²) in [6.45, 7) is 4.29. The fourth-order valence-corrected chi connectivity index (χ4v) is 2.44. The zero-order valence-electron chi connectivity index (χ0n) is 12.2. The van der Waals surface area contributed by atoms with Gasteiger partial charge in [-0.25, -0.2) is 0 Å². The Morgan fingerprint density at radius 2 is 2.10 bits per heavy atom. The van der Waals surface area contributed by atoms with Gasteiger partial charge in [0.2, 0.25) is 5.91 Å². The topological polar surface area (TPSA) is 65.9 Å². The van der Waals surface area contributed by atoms with E-state index in [0.717, 1.165) is 49.2 Å². The van der Waals surface area contributed by atoms with Crippen LogP contribution in [0.1, 0.15) is 43.4 Å². The van der Waals surface area contributed by atoms with Crippen LogP contribution in [0.15, 0.2) is 18.2 Å². The van der Waals surface area contributed by atoms with Gasteiger partial charge in [-0.05, 0) is 43.4 Å². The number of carbonyl (C=O) groups excluding carboxylic acids is 1. The monoisotopic (exact) mass is 333 g/mol. The molecule has 2 rings (SSSR count). The van der Waals surface area contributed by atoms with E-state index in [0.29, 0.717) is 6.42 Å². The Hall–Kier alpha value is -0.810. The quantitative estimate of drug-likeness (QED) is 0.456. The first-order valence-corrected chi connectivity index (χ1v) is 7.13. The predicted octanol–water partition coefficient (Wildman–Crippen LogP) is -5.02. The number of aliphatic hydroxyl groups is 1. The number of carbonyl (C=O) groups is 1. The van der Waals surface area contributed by atoms with Crippen LogP contribution in [0.4, 0.5) is 5.69 Å². The van der Waals surface area contributed by atoms with E-state index in [-0.39, 0.29) is 30.7 Å². The van der Waals surface area contributed by atoms with Crippen molar-refractivity contribution in [1.29, 1.82) is 0 Å². The standard InChI is InChI=1S/C15H22N2O2.2ClH/c1-2-16-9-3-4-14(18)12-5-7-13-11(10-12)6-8-15(19)17-13;;/h5,7,10,14,16,18H,2-4,6,8-9H2,1H3,(H,17,19);2*1H/p-1. The average Bonchev–Trinajstić information content (AvgIpc) is 2.42. The second kappa shape index (κ2) is 10.0. The van der Waals surface area contributed by atoms with Crippen LogP contribution < -0.4 is 35.4 Å². The molecular weight excluding hydrogens is 311 g/mol. The molecule has 1 aliphatic rings. The van der Waals surface area contributed by atoms with E-state index in [1.54, 1.807) is 0 Å². The molecule has 21 heavy (non-hydrogen) atoms. The Kier molecular flexibility index (Phi) is 9.62. The molecule has 6 heteroatoms. The summed E-state index contributed by atoms with van der Waals surface area (Å²) in [5.74, 6) is 0.0795. The fraction of sp³-hybridized carbons (Fsp3) is 0.533. The van der Waals surface area contributed by atoms with Gasteiger partial charge >= 0.3 is 0 Å². The highest BCUT2D eigenvalue weighted by atomic mass is 35.5. The second-order valence-corrected chi connectivity index (χ2v) is 5.11. The molecule has 0 spiro atoms. The molecule has 1 aromatic rings. The minimum absolute atomic E-state index is 0. The van der Waals surface area contributed by atoms with Crippen molar-refractivity contribution in [2.24, 2.45) is 0 Å². The predicted molar refractivity (Wildman–Crippen MR) is 74.9 cm³/mol. The number of nitrogens with two attached hydrogens (primary N) is 1. The normalized spacial score (nSPS) is 14.3. The van der Waals surface area contributed by atoms with Crippen molar-refractivity contribution >= 4 is 11.6 Å². The van der Waals surface area contributed by atoms with Crippen LogP contribution in [0.3, 0.4) is 0 Å². The molecule has 4 N–H and O–H groups in total. The van der Waals surface area contributed by atoms with Gasteiger partial charge in [0.25, 0.3) is 0 Å². The van der Waals surface area contributed by atoms with Gasteiger partial charge in [0.15, 0.2) is 0 Å². The summed E-state index contributed by atoms with van der Waals surface area (Å²) in [6, 6.07) is 5.85. The number of amides is 1. The highest BCUT2D eigenvalue weighted by Gasteiger charge is 2.16. The molecule has 4 nitrogen and oxygen atoms in total. The Bertz CT molecular complexity index is 455. The molecule has 0 bridgehead atoms. The first-order chi connectivity index (χ1) is 9.20. The molecule has 1 unspecified atom stereocenters. The summed E-state index contributed by atoms with van der Waals surface area (Å²) in [5.41, 5.74) is 2.99. The van der Waals surface area contributed by atoms with E-state index in [1.807, 2.05) is 18.2 Å². The third-order valence-corrected chi connectivity index (χ3v) is 3.58. The minimum atomic E-state index is -0.395. The molecule has 0 radical (unpaired) electrons. The van der Waals surface area contributed by atoms with E-state index < -0.39 is 6.10 Å². The molecule has 0 fully saturated rings. The maximum absolute atomic E-state index is 11.3. The number of fused-ring (bicyclic) bond motifs is 1. The lowest BCUT2D eigenvalue weighted by Gasteiger charge is -2.19. The number of rotatable bonds is 6. The van der Waals surface area contributed by atoms with Crippen LogP contribution in [0.2, 0.25) is 0 Å². The maximum atomic E-state index is 11.3. The van der Waals surface area contributed by atoms with Gasteiger partial charge in [-0.2, -0.15) is 0 Å². The molecule has 120 valence electrons. The van der Waals surface area contributed by atoms with Gasteiger partial charge in [-0.3, -0.25) is 4.79 Å². The Labute approximate surface area is 138 Å². The molecule has 1 aliphatic heterocycles. The number of anilines is 1. The molecule has 1 aromatic carbocycles. The molecular formula is C15H23Cl2N2O2-. The molecule has 0 saturated carbocycles. The van der Waals surface area contributed by atoms with Crippen LogP contribution in [-0.2, 0) is 11.2 Å². The van der Waals surface area contributed by atoms with Crippen molar-refractivity contribution in [2.45, 2.75) is 38.7 Å². The van der Waals surface area contributed by atoms with Crippen LogP contribution >= 0.6 is 0 Å². The number of quaternary nitrogens is 1. The van der Waals surface area contributed by atoms with E-state index >= 15 is 0 Å². The number of hydrogen-bond acceptors (Lipinski definition) is 2. The first-order valence-electron chi connectivity index (χ1n) is 7.13. The van der Waals surface area contributed by atoms with Crippen molar-refractivity contribution in [3.05, 3.63) is 29.3 Å². The summed E-state index contributed by atoms with van der Waals surface area (Å²) in [4.78, 5) is 11.3. The van der Waals surface area contributed by atoms with E-state index in [1.165, 1.54) is 0 Å². The number of halogens is 2. The van der Waals surface area contributed by atoms with Crippen LogP contribution in [0.5, 0.6) is 0 Å². The highest BCUT2D eigenvalue weighted by Crippen LogP contribution is 2.27. The summed E-state index contributed by atoms with van der Waals surface area (Å²) in [5, 5.41) is 15.3. The summed E-state index contributed by atoms with van der Waals surface area (Å²) < 4.78 is 0. The molecule has 1 heterocycles. The minimum Gasteiger partial charge on any atom is -1.00 e. The van der Waals surface area contributed by atoms with Gasteiger partial charge in [0.1, 0.15) is 0 Å². The zero-order valence-corrected chi connectivity index (χ0v) is 13.8. The number of nitrogens with one attached hydrogen (secondary N) is 1. The average molecular weight is 334 g/mol. The first kappa shape index (κ1) is 20.2. The SMILES string of the molecule is CC[NH2+]CCCC(O)c1ccc2c(c1)CCC(=O)N2.[Cl-].[Cl-]. The van der Waals surface area contributed by atoms with E-state index in [9.17, 15) is 9.90 Å². The number of hydrogen-bond donors (Lipinski definition) is 3. The summed E-state index contributed by atoms with van der Waals surface area (Å²) in [7, 11) is 0. The lowest BCUT2D eigenvalue weighted by molar-refractivity contribution is -0.652. The van der Waals surface area contributed by atoms with Crippen LogP contribution in [0.25, 0.3) is 0 Å². The van der Waals surface area contributed by atoms with Crippen molar-refractivity contribution in [3.63, 3.8) is 0 Å². The maximum Gasteiger partial charge on any atom is 0.224 e. The Morgan fingerprint density at radius 1 is 1.33 bits per heavy atom. The largest absolute Gasteiger partial charge is 1.00 e. The van der Waals surface area contributed by atoms with Gasteiger partial charge in [0.05, 0.1) is 19.2 Å². The van der Waals surface area contributed by atoms with E-state index in [2.05, 4.69) is 17.6 Å². The Balaban J connectivity index is 0.00000200. The van der Waals surface area contributed by atoms with Gasteiger partial charge in [0, 0.05) is 12.1 Å². The molecule has 0 saturated heterocycles. The molecule has 0 aromatic heterocycles. The smallest absolute Gasteiger partial charge is 0.224 e. The number of aryl methyl sites for hydroxylation is 1. The summed E-state index contributed by atoms with van der Waals surface area (Å²) in [6.07, 6.45) is 2.72. The summed E-state index contributed by atoms with van der Waals surface area (Å²) >= 11 is 0. The van der Waals surface area contributed by atoms with Gasteiger partial charge in [-0.1, -0.05) is 12.1 Å². The van der Waals surface area contributed by atoms with Gasteiger partial charge in [-0.15, -0.1) is 0 Å². The van der Waals surface area contributed by atoms with Crippen molar-refractivity contribution in [1.82, 2.24) is 0 Å². The zero-order chi connectivity index (χ0) is 13.7. The fourth-order valence-electron chi connectivity index (χ4n) is 2.44.